The highest BCUT2D eigenvalue weighted by atomic mass is 35.5. The summed E-state index contributed by atoms with van der Waals surface area (Å²) in [5.41, 5.74) is 4.89. The minimum absolute atomic E-state index is 0.127. The van der Waals surface area contributed by atoms with E-state index >= 15 is 0 Å². The summed E-state index contributed by atoms with van der Waals surface area (Å²) < 4.78 is 1.18. The SMILES string of the molecule is Cn1nc(CC(=O)NNC(=O)c2cc(Cl)ccc2Cl)c2ccccc2c1=O. The van der Waals surface area contributed by atoms with E-state index in [9.17, 15) is 14.4 Å². The standard InChI is InChI=1S/C18H14Cl2N4O3/c1-24-18(27)12-5-3-2-4-11(12)15(23-24)9-16(25)21-22-17(26)13-8-10(19)6-7-14(13)20/h2-8H,9H2,1H3,(H,21,25)(H,22,26). The molecule has 7 nitrogen and oxygen atoms in total. The quantitative estimate of drug-likeness (QED) is 0.654. The van der Waals surface area contributed by atoms with Crippen molar-refractivity contribution in [2.24, 2.45) is 7.05 Å². The third-order valence-corrected chi connectivity index (χ3v) is 4.41. The van der Waals surface area contributed by atoms with Crippen molar-refractivity contribution >= 4 is 45.8 Å². The van der Waals surface area contributed by atoms with E-state index in [1.54, 1.807) is 30.3 Å². The number of fused-ring (bicyclic) bond motifs is 1. The predicted molar refractivity (Wildman–Crippen MR) is 103 cm³/mol. The van der Waals surface area contributed by atoms with E-state index in [1.807, 2.05) is 0 Å². The molecule has 0 atom stereocenters. The van der Waals surface area contributed by atoms with Crippen LogP contribution in [0.3, 0.4) is 0 Å². The van der Waals surface area contributed by atoms with Crippen LogP contribution in [0.25, 0.3) is 10.8 Å². The lowest BCUT2D eigenvalue weighted by Crippen LogP contribution is -2.42. The number of hydrogen-bond acceptors (Lipinski definition) is 4. The molecular formula is C18H14Cl2N4O3. The van der Waals surface area contributed by atoms with E-state index in [4.69, 9.17) is 23.2 Å². The van der Waals surface area contributed by atoms with Crippen LogP contribution in [0.4, 0.5) is 0 Å². The van der Waals surface area contributed by atoms with Gasteiger partial charge in [-0.15, -0.1) is 0 Å². The molecule has 0 fully saturated rings. The molecule has 3 aromatic rings. The largest absolute Gasteiger partial charge is 0.274 e. The van der Waals surface area contributed by atoms with Crippen LogP contribution in [0.1, 0.15) is 16.1 Å². The molecule has 3 rings (SSSR count). The topological polar surface area (TPSA) is 93.1 Å². The van der Waals surface area contributed by atoms with Crippen molar-refractivity contribution in [3.05, 3.63) is 74.1 Å². The van der Waals surface area contributed by atoms with E-state index in [0.717, 1.165) is 0 Å². The zero-order chi connectivity index (χ0) is 19.6. The van der Waals surface area contributed by atoms with Crippen LogP contribution in [0.5, 0.6) is 0 Å². The van der Waals surface area contributed by atoms with Crippen LogP contribution in [0.2, 0.25) is 10.0 Å². The maximum atomic E-state index is 12.2. The molecule has 0 bridgehead atoms. The number of hydrogen-bond donors (Lipinski definition) is 2. The summed E-state index contributed by atoms with van der Waals surface area (Å²) in [6, 6.07) is 11.3. The monoisotopic (exact) mass is 404 g/mol. The Morgan fingerprint density at radius 3 is 2.52 bits per heavy atom. The maximum Gasteiger partial charge on any atom is 0.274 e. The zero-order valence-corrected chi connectivity index (χ0v) is 15.6. The van der Waals surface area contributed by atoms with Gasteiger partial charge in [0, 0.05) is 17.5 Å². The predicted octanol–water partition coefficient (Wildman–Crippen LogP) is 2.24. The Hall–Kier alpha value is -2.90. The van der Waals surface area contributed by atoms with E-state index in [-0.39, 0.29) is 22.6 Å². The Balaban J connectivity index is 1.74. The van der Waals surface area contributed by atoms with Crippen molar-refractivity contribution in [2.45, 2.75) is 6.42 Å². The zero-order valence-electron chi connectivity index (χ0n) is 14.1. The maximum absolute atomic E-state index is 12.2. The van der Waals surface area contributed by atoms with Gasteiger partial charge in [-0.2, -0.15) is 5.10 Å². The molecule has 27 heavy (non-hydrogen) atoms. The van der Waals surface area contributed by atoms with Gasteiger partial charge in [-0.3, -0.25) is 25.2 Å². The van der Waals surface area contributed by atoms with Crippen molar-refractivity contribution < 1.29 is 9.59 Å². The van der Waals surface area contributed by atoms with Crippen LogP contribution in [-0.2, 0) is 18.3 Å². The van der Waals surface area contributed by atoms with Crippen molar-refractivity contribution in [2.75, 3.05) is 0 Å². The molecule has 2 N–H and O–H groups in total. The lowest BCUT2D eigenvalue weighted by molar-refractivity contribution is -0.121. The fraction of sp³-hybridized carbons (Fsp3) is 0.111. The molecule has 2 aromatic carbocycles. The number of nitrogens with one attached hydrogen (secondary N) is 2. The highest BCUT2D eigenvalue weighted by Gasteiger charge is 2.15. The van der Waals surface area contributed by atoms with Gasteiger partial charge in [0.1, 0.15) is 0 Å². The van der Waals surface area contributed by atoms with Gasteiger partial charge in [0.05, 0.1) is 28.1 Å². The Kier molecular flexibility index (Phi) is 5.43. The van der Waals surface area contributed by atoms with E-state index in [1.165, 1.54) is 23.9 Å². The molecule has 0 radical (unpaired) electrons. The molecule has 9 heteroatoms. The van der Waals surface area contributed by atoms with Gasteiger partial charge in [0.25, 0.3) is 11.5 Å². The summed E-state index contributed by atoms with van der Waals surface area (Å²) in [6.07, 6.45) is -0.127. The second-order valence-corrected chi connectivity index (χ2v) is 6.57. The van der Waals surface area contributed by atoms with Gasteiger partial charge in [-0.1, -0.05) is 41.4 Å². The number of carbonyl (C=O) groups excluding carboxylic acids is 2. The van der Waals surface area contributed by atoms with E-state index in [0.29, 0.717) is 21.5 Å². The number of amides is 2. The molecule has 0 aliphatic heterocycles. The average Bonchev–Trinajstić information content (AvgIpc) is 2.66. The van der Waals surface area contributed by atoms with E-state index in [2.05, 4.69) is 16.0 Å². The molecular weight excluding hydrogens is 391 g/mol. The summed E-state index contributed by atoms with van der Waals surface area (Å²) in [5, 5.41) is 5.74. The second-order valence-electron chi connectivity index (χ2n) is 5.72. The molecule has 1 heterocycles. The summed E-state index contributed by atoms with van der Waals surface area (Å²) in [6.45, 7) is 0. The summed E-state index contributed by atoms with van der Waals surface area (Å²) in [4.78, 5) is 36.5. The minimum Gasteiger partial charge on any atom is -0.273 e. The normalized spacial score (nSPS) is 10.6. The molecule has 0 unspecified atom stereocenters. The highest BCUT2D eigenvalue weighted by molar-refractivity contribution is 6.35. The van der Waals surface area contributed by atoms with E-state index < -0.39 is 11.8 Å². The number of rotatable bonds is 3. The van der Waals surface area contributed by atoms with Gasteiger partial charge in [-0.25, -0.2) is 4.68 Å². The van der Waals surface area contributed by atoms with Gasteiger partial charge in [-0.05, 0) is 24.3 Å². The van der Waals surface area contributed by atoms with Crippen molar-refractivity contribution in [3.63, 3.8) is 0 Å². The first kappa shape index (κ1) is 18.9. The molecule has 0 aliphatic carbocycles. The Morgan fingerprint density at radius 1 is 1.07 bits per heavy atom. The van der Waals surface area contributed by atoms with Crippen molar-refractivity contribution in [1.82, 2.24) is 20.6 Å². The number of nitrogens with zero attached hydrogens (tertiary/aromatic N) is 2. The van der Waals surface area contributed by atoms with Gasteiger partial charge in [0.2, 0.25) is 5.91 Å². The molecule has 1 aromatic heterocycles. The van der Waals surface area contributed by atoms with Crippen LogP contribution < -0.4 is 16.4 Å². The minimum atomic E-state index is -0.603. The summed E-state index contributed by atoms with van der Waals surface area (Å²) in [7, 11) is 1.51. The van der Waals surface area contributed by atoms with Crippen LogP contribution >= 0.6 is 23.2 Å². The smallest absolute Gasteiger partial charge is 0.273 e. The second kappa shape index (κ2) is 7.77. The number of aromatic nitrogens is 2. The number of carbonyl (C=O) groups is 2. The third-order valence-electron chi connectivity index (χ3n) is 3.85. The molecule has 0 saturated heterocycles. The lowest BCUT2D eigenvalue weighted by Gasteiger charge is -2.10. The first-order valence-electron chi connectivity index (χ1n) is 7.86. The first-order chi connectivity index (χ1) is 12.9. The molecule has 2 amide bonds. The molecule has 138 valence electrons. The fourth-order valence-corrected chi connectivity index (χ4v) is 2.94. The average molecular weight is 405 g/mol. The molecule has 0 aliphatic rings. The van der Waals surface area contributed by atoms with Crippen LogP contribution in [0, 0.1) is 0 Å². The van der Waals surface area contributed by atoms with Crippen molar-refractivity contribution in [3.8, 4) is 0 Å². The summed E-state index contributed by atoms with van der Waals surface area (Å²) >= 11 is 11.8. The summed E-state index contributed by atoms with van der Waals surface area (Å²) in [5.74, 6) is -1.10. The van der Waals surface area contributed by atoms with Crippen LogP contribution in [-0.4, -0.2) is 21.6 Å². The Labute approximate surface area is 163 Å². The fourth-order valence-electron chi connectivity index (χ4n) is 2.57. The molecule has 0 saturated carbocycles. The number of benzene rings is 2. The highest BCUT2D eigenvalue weighted by Crippen LogP contribution is 2.20. The lowest BCUT2D eigenvalue weighted by atomic mass is 10.1. The van der Waals surface area contributed by atoms with Gasteiger partial charge < -0.3 is 0 Å². The van der Waals surface area contributed by atoms with Crippen molar-refractivity contribution in [1.29, 1.82) is 0 Å². The number of aryl methyl sites for hydroxylation is 1. The van der Waals surface area contributed by atoms with Gasteiger partial charge >= 0.3 is 0 Å². The number of hydrazine groups is 1. The van der Waals surface area contributed by atoms with Crippen LogP contribution in [0.15, 0.2) is 47.3 Å². The Morgan fingerprint density at radius 2 is 1.78 bits per heavy atom. The first-order valence-corrected chi connectivity index (χ1v) is 8.61. The molecule has 0 spiro atoms. The van der Waals surface area contributed by atoms with Gasteiger partial charge in [0.15, 0.2) is 0 Å². The Bertz CT molecular complexity index is 1110. The number of halogens is 2. The third kappa shape index (κ3) is 4.10.